The summed E-state index contributed by atoms with van der Waals surface area (Å²) in [5.74, 6) is -0.118. The molecule has 2 saturated heterocycles. The molecule has 0 spiro atoms. The average molecular weight is 251 g/mol. The minimum Gasteiger partial charge on any atom is -0.381 e. The van der Waals surface area contributed by atoms with Crippen LogP contribution in [0, 0.1) is 16.7 Å². The van der Waals surface area contributed by atoms with Crippen LogP contribution in [0.2, 0.25) is 0 Å². The lowest BCUT2D eigenvalue weighted by Gasteiger charge is -2.29. The minimum atomic E-state index is -0.858. The number of nitriles is 1. The molecule has 0 atom stereocenters. The normalized spacial score (nSPS) is 23.5. The van der Waals surface area contributed by atoms with E-state index in [0.29, 0.717) is 32.6 Å². The maximum absolute atomic E-state index is 12.1. The van der Waals surface area contributed by atoms with Gasteiger partial charge in [-0.3, -0.25) is 4.79 Å². The van der Waals surface area contributed by atoms with E-state index in [0.717, 1.165) is 19.6 Å². The molecule has 0 aliphatic carbocycles. The zero-order valence-corrected chi connectivity index (χ0v) is 10.8. The van der Waals surface area contributed by atoms with E-state index in [4.69, 9.17) is 4.74 Å². The summed E-state index contributed by atoms with van der Waals surface area (Å²) in [4.78, 5) is 14.5. The van der Waals surface area contributed by atoms with E-state index < -0.39 is 5.41 Å². The van der Waals surface area contributed by atoms with E-state index >= 15 is 0 Å². The predicted octanol–water partition coefficient (Wildman–Crippen LogP) is 0.519. The van der Waals surface area contributed by atoms with Crippen LogP contribution in [0.15, 0.2) is 0 Å². The molecular formula is C13H21N3O2. The van der Waals surface area contributed by atoms with Crippen molar-refractivity contribution in [3.63, 3.8) is 0 Å². The van der Waals surface area contributed by atoms with Crippen LogP contribution in [-0.4, -0.2) is 50.2 Å². The van der Waals surface area contributed by atoms with Crippen LogP contribution in [0.25, 0.3) is 0 Å². The number of carbonyl (C=O) groups excluding carboxylic acids is 1. The molecule has 2 aliphatic heterocycles. The summed E-state index contributed by atoms with van der Waals surface area (Å²) in [6.07, 6.45) is 3.54. The van der Waals surface area contributed by atoms with E-state index in [9.17, 15) is 10.1 Å². The molecule has 0 unspecified atom stereocenters. The van der Waals surface area contributed by atoms with Gasteiger partial charge < -0.3 is 15.0 Å². The van der Waals surface area contributed by atoms with Crippen molar-refractivity contribution >= 4 is 5.91 Å². The monoisotopic (exact) mass is 251 g/mol. The molecule has 1 amide bonds. The molecule has 1 N–H and O–H groups in total. The van der Waals surface area contributed by atoms with Gasteiger partial charge in [0.25, 0.3) is 0 Å². The summed E-state index contributed by atoms with van der Waals surface area (Å²) in [6.45, 7) is 4.81. The van der Waals surface area contributed by atoms with Crippen molar-refractivity contribution < 1.29 is 9.53 Å². The molecule has 2 fully saturated rings. The summed E-state index contributed by atoms with van der Waals surface area (Å²) in [7, 11) is 0. The smallest absolute Gasteiger partial charge is 0.240 e. The second kappa shape index (κ2) is 6.17. The summed E-state index contributed by atoms with van der Waals surface area (Å²) < 4.78 is 5.22. The van der Waals surface area contributed by atoms with E-state index in [2.05, 4.69) is 16.3 Å². The van der Waals surface area contributed by atoms with Gasteiger partial charge in [0.15, 0.2) is 0 Å². The Bertz CT molecular complexity index is 326. The first-order valence-corrected chi connectivity index (χ1v) is 6.76. The van der Waals surface area contributed by atoms with Crippen molar-refractivity contribution in [2.24, 2.45) is 5.41 Å². The zero-order chi connectivity index (χ0) is 12.8. The zero-order valence-electron chi connectivity index (χ0n) is 10.8. The van der Waals surface area contributed by atoms with Gasteiger partial charge in [-0.15, -0.1) is 0 Å². The molecule has 100 valence electrons. The van der Waals surface area contributed by atoms with Gasteiger partial charge in [-0.25, -0.2) is 0 Å². The Morgan fingerprint density at radius 2 is 2.00 bits per heavy atom. The second-order valence-electron chi connectivity index (χ2n) is 5.11. The molecule has 2 rings (SSSR count). The fraction of sp³-hybridized carbons (Fsp3) is 0.846. The Balaban J connectivity index is 1.77. The van der Waals surface area contributed by atoms with Crippen molar-refractivity contribution in [3.8, 4) is 6.07 Å². The highest BCUT2D eigenvalue weighted by Gasteiger charge is 2.40. The standard InChI is InChI=1S/C13H21N3O2/c14-11-13(3-9-18-10-4-13)12(17)15-5-8-16-6-1-2-7-16/h1-10H2,(H,15,17). The Morgan fingerprint density at radius 1 is 1.33 bits per heavy atom. The van der Waals surface area contributed by atoms with Crippen LogP contribution in [0.1, 0.15) is 25.7 Å². The van der Waals surface area contributed by atoms with Crippen molar-refractivity contribution in [1.82, 2.24) is 10.2 Å². The molecule has 18 heavy (non-hydrogen) atoms. The number of rotatable bonds is 4. The largest absolute Gasteiger partial charge is 0.381 e. The van der Waals surface area contributed by atoms with E-state index in [1.807, 2.05) is 0 Å². The van der Waals surface area contributed by atoms with Crippen LogP contribution >= 0.6 is 0 Å². The molecule has 5 nitrogen and oxygen atoms in total. The number of likely N-dealkylation sites (tertiary alicyclic amines) is 1. The third kappa shape index (κ3) is 3.01. The van der Waals surface area contributed by atoms with Crippen LogP contribution in [0.5, 0.6) is 0 Å². The lowest BCUT2D eigenvalue weighted by Crippen LogP contribution is -2.45. The van der Waals surface area contributed by atoms with Crippen molar-refractivity contribution in [2.75, 3.05) is 39.4 Å². The maximum atomic E-state index is 12.1. The van der Waals surface area contributed by atoms with Gasteiger partial charge in [-0.1, -0.05) is 0 Å². The quantitative estimate of drug-likeness (QED) is 0.791. The Morgan fingerprint density at radius 3 is 2.61 bits per heavy atom. The topological polar surface area (TPSA) is 65.4 Å². The Labute approximate surface area is 108 Å². The third-order valence-corrected chi connectivity index (χ3v) is 3.91. The highest BCUT2D eigenvalue weighted by Crippen LogP contribution is 2.29. The molecule has 5 heteroatoms. The molecular weight excluding hydrogens is 230 g/mol. The van der Waals surface area contributed by atoms with Gasteiger partial charge in [-0.05, 0) is 38.8 Å². The molecule has 2 aliphatic rings. The molecule has 0 bridgehead atoms. The molecule has 0 saturated carbocycles. The van der Waals surface area contributed by atoms with Gasteiger partial charge in [0.1, 0.15) is 5.41 Å². The number of hydrogen-bond acceptors (Lipinski definition) is 4. The summed E-state index contributed by atoms with van der Waals surface area (Å²) in [6, 6.07) is 2.19. The Kier molecular flexibility index (Phi) is 4.56. The average Bonchev–Trinajstić information content (AvgIpc) is 2.92. The number of hydrogen-bond donors (Lipinski definition) is 1. The molecule has 2 heterocycles. The summed E-state index contributed by atoms with van der Waals surface area (Å²) in [5, 5.41) is 12.2. The minimum absolute atomic E-state index is 0.118. The van der Waals surface area contributed by atoms with Crippen molar-refractivity contribution in [2.45, 2.75) is 25.7 Å². The second-order valence-corrected chi connectivity index (χ2v) is 5.11. The Hall–Kier alpha value is -1.12. The first-order valence-electron chi connectivity index (χ1n) is 6.76. The number of nitrogens with zero attached hydrogens (tertiary/aromatic N) is 2. The van der Waals surface area contributed by atoms with Gasteiger partial charge in [0.05, 0.1) is 6.07 Å². The molecule has 0 aromatic rings. The SMILES string of the molecule is N#CC1(C(=O)NCCN2CCCC2)CCOCC1. The van der Waals surface area contributed by atoms with Crippen LogP contribution in [0.4, 0.5) is 0 Å². The molecule has 0 aromatic carbocycles. The maximum Gasteiger partial charge on any atom is 0.240 e. The lowest BCUT2D eigenvalue weighted by atomic mass is 9.81. The van der Waals surface area contributed by atoms with E-state index in [1.54, 1.807) is 0 Å². The third-order valence-electron chi connectivity index (χ3n) is 3.91. The summed E-state index contributed by atoms with van der Waals surface area (Å²) in [5.41, 5.74) is -0.858. The lowest BCUT2D eigenvalue weighted by molar-refractivity contribution is -0.132. The van der Waals surface area contributed by atoms with Crippen LogP contribution in [0.3, 0.4) is 0 Å². The van der Waals surface area contributed by atoms with Gasteiger partial charge in [-0.2, -0.15) is 5.26 Å². The van der Waals surface area contributed by atoms with Gasteiger partial charge in [0, 0.05) is 26.3 Å². The predicted molar refractivity (Wildman–Crippen MR) is 66.8 cm³/mol. The number of amides is 1. The number of carbonyl (C=O) groups is 1. The molecule has 0 radical (unpaired) electrons. The van der Waals surface area contributed by atoms with Crippen molar-refractivity contribution in [1.29, 1.82) is 5.26 Å². The number of ether oxygens (including phenoxy) is 1. The van der Waals surface area contributed by atoms with Crippen molar-refractivity contribution in [3.05, 3.63) is 0 Å². The fourth-order valence-electron chi connectivity index (χ4n) is 2.61. The highest BCUT2D eigenvalue weighted by atomic mass is 16.5. The molecule has 0 aromatic heterocycles. The first-order chi connectivity index (χ1) is 8.77. The number of nitrogens with one attached hydrogen (secondary N) is 1. The highest BCUT2D eigenvalue weighted by molar-refractivity contribution is 5.85. The van der Waals surface area contributed by atoms with E-state index in [-0.39, 0.29) is 5.91 Å². The first kappa shape index (κ1) is 13.3. The van der Waals surface area contributed by atoms with Crippen LogP contribution in [-0.2, 0) is 9.53 Å². The van der Waals surface area contributed by atoms with E-state index in [1.165, 1.54) is 12.8 Å². The fourth-order valence-corrected chi connectivity index (χ4v) is 2.61. The van der Waals surface area contributed by atoms with Gasteiger partial charge >= 0.3 is 0 Å². The van der Waals surface area contributed by atoms with Gasteiger partial charge in [0.2, 0.25) is 5.91 Å². The van der Waals surface area contributed by atoms with Crippen LogP contribution < -0.4 is 5.32 Å². The summed E-state index contributed by atoms with van der Waals surface area (Å²) >= 11 is 0.